The number of carbonyl (C=O) groups excluding carboxylic acids is 1. The fourth-order valence-corrected chi connectivity index (χ4v) is 3.09. The van der Waals surface area contributed by atoms with Crippen molar-refractivity contribution in [2.75, 3.05) is 0 Å². The highest BCUT2D eigenvalue weighted by Gasteiger charge is 2.21. The predicted molar refractivity (Wildman–Crippen MR) is 86.2 cm³/mol. The molecule has 0 fully saturated rings. The Balaban J connectivity index is 2.54. The lowest BCUT2D eigenvalue weighted by atomic mass is 10.2. The van der Waals surface area contributed by atoms with Crippen LogP contribution in [0.2, 0.25) is 0 Å². The molecule has 0 spiro atoms. The molecule has 3 unspecified atom stereocenters. The molecule has 0 heterocycles. The molecule has 1 aromatic carbocycles. The predicted octanol–water partition coefficient (Wildman–Crippen LogP) is 2.12. The van der Waals surface area contributed by atoms with Crippen molar-refractivity contribution in [3.8, 4) is 0 Å². The van der Waals surface area contributed by atoms with Crippen LogP contribution >= 0.6 is 0 Å². The van der Waals surface area contributed by atoms with Crippen LogP contribution in [0.5, 0.6) is 0 Å². The van der Waals surface area contributed by atoms with Gasteiger partial charge in [-0.1, -0.05) is 37.6 Å². The summed E-state index contributed by atoms with van der Waals surface area (Å²) >= 11 is 0. The molecule has 0 aliphatic carbocycles. The molecule has 0 radical (unpaired) electrons. The molecule has 1 amide bonds. The van der Waals surface area contributed by atoms with Crippen molar-refractivity contribution in [2.24, 2.45) is 0 Å². The summed E-state index contributed by atoms with van der Waals surface area (Å²) in [6.45, 7) is 5.73. The van der Waals surface area contributed by atoms with Crippen LogP contribution in [-0.2, 0) is 28.0 Å². The molecule has 3 atom stereocenters. The van der Waals surface area contributed by atoms with Gasteiger partial charge in [0, 0.05) is 22.6 Å². The lowest BCUT2D eigenvalue weighted by Crippen LogP contribution is -2.40. The van der Waals surface area contributed by atoms with Gasteiger partial charge in [0.05, 0.1) is 6.61 Å². The summed E-state index contributed by atoms with van der Waals surface area (Å²) in [7, 11) is -1.25. The summed E-state index contributed by atoms with van der Waals surface area (Å²) in [5.74, 6) is 0.198. The normalized spacial score (nSPS) is 15.2. The average molecular weight is 311 g/mol. The molecule has 4 nitrogen and oxygen atoms in total. The molecular weight excluding hydrogens is 286 g/mol. The zero-order valence-electron chi connectivity index (χ0n) is 13.0. The van der Waals surface area contributed by atoms with Gasteiger partial charge in [-0.3, -0.25) is 9.00 Å². The summed E-state index contributed by atoms with van der Waals surface area (Å²) in [4.78, 5) is 12.0. The Labute approximate surface area is 129 Å². The van der Waals surface area contributed by atoms with E-state index in [2.05, 4.69) is 12.2 Å². The molecule has 118 valence electrons. The van der Waals surface area contributed by atoms with Gasteiger partial charge in [-0.05, 0) is 31.4 Å². The summed E-state index contributed by atoms with van der Waals surface area (Å²) in [6, 6.07) is 7.41. The lowest BCUT2D eigenvalue weighted by molar-refractivity contribution is -0.121. The van der Waals surface area contributed by atoms with Crippen LogP contribution in [0.4, 0.5) is 0 Å². The largest absolute Gasteiger partial charge is 0.392 e. The molecule has 0 aliphatic rings. The number of hydrogen-bond donors (Lipinski definition) is 2. The van der Waals surface area contributed by atoms with E-state index in [0.29, 0.717) is 5.75 Å². The quantitative estimate of drug-likeness (QED) is 0.773. The molecule has 0 saturated carbocycles. The third-order valence-electron chi connectivity index (χ3n) is 3.39. The molecule has 0 aliphatic heterocycles. The maximum Gasteiger partial charge on any atom is 0.235 e. The standard InChI is InChI=1S/C16H25NO3S/c1-4-5-12(2)17-16(19)13(3)21(20)11-15-8-6-14(10-18)7-9-15/h6-9,12-13,18H,4-5,10-11H2,1-3H3,(H,17,19). The maximum absolute atomic E-state index is 12.2. The first-order valence-corrected chi connectivity index (χ1v) is 8.72. The highest BCUT2D eigenvalue weighted by Crippen LogP contribution is 2.10. The molecule has 1 aromatic rings. The maximum atomic E-state index is 12.2. The fourth-order valence-electron chi connectivity index (χ4n) is 2.01. The monoisotopic (exact) mass is 311 g/mol. The summed E-state index contributed by atoms with van der Waals surface area (Å²) < 4.78 is 12.2. The van der Waals surface area contributed by atoms with E-state index < -0.39 is 16.0 Å². The minimum atomic E-state index is -1.25. The summed E-state index contributed by atoms with van der Waals surface area (Å²) in [5.41, 5.74) is 1.73. The van der Waals surface area contributed by atoms with Gasteiger partial charge in [-0.2, -0.15) is 0 Å². The second-order valence-corrected chi connectivity index (χ2v) is 7.10. The number of rotatable bonds is 8. The zero-order valence-corrected chi connectivity index (χ0v) is 13.8. The van der Waals surface area contributed by atoms with E-state index in [4.69, 9.17) is 5.11 Å². The smallest absolute Gasteiger partial charge is 0.235 e. The van der Waals surface area contributed by atoms with Crippen LogP contribution in [-0.4, -0.2) is 26.5 Å². The first-order valence-electron chi connectivity index (χ1n) is 7.34. The minimum absolute atomic E-state index is 0.00249. The van der Waals surface area contributed by atoms with Gasteiger partial charge >= 0.3 is 0 Å². The van der Waals surface area contributed by atoms with Gasteiger partial charge in [0.2, 0.25) is 5.91 Å². The van der Waals surface area contributed by atoms with E-state index in [1.165, 1.54) is 0 Å². The zero-order chi connectivity index (χ0) is 15.8. The Bertz CT molecular complexity index is 473. The van der Waals surface area contributed by atoms with E-state index in [1.807, 2.05) is 19.1 Å². The van der Waals surface area contributed by atoms with Crippen molar-refractivity contribution >= 4 is 16.7 Å². The first kappa shape index (κ1) is 17.9. The van der Waals surface area contributed by atoms with Crippen molar-refractivity contribution in [3.05, 3.63) is 35.4 Å². The molecule has 0 saturated heterocycles. The van der Waals surface area contributed by atoms with Crippen LogP contribution in [0.3, 0.4) is 0 Å². The summed E-state index contributed by atoms with van der Waals surface area (Å²) in [6.07, 6.45) is 1.93. The van der Waals surface area contributed by atoms with Gasteiger partial charge in [0.25, 0.3) is 0 Å². The number of amides is 1. The summed E-state index contributed by atoms with van der Waals surface area (Å²) in [5, 5.41) is 11.4. The number of nitrogens with one attached hydrogen (secondary N) is 1. The van der Waals surface area contributed by atoms with Gasteiger partial charge in [-0.15, -0.1) is 0 Å². The SMILES string of the molecule is CCCC(C)NC(=O)C(C)S(=O)Cc1ccc(CO)cc1. The van der Waals surface area contributed by atoms with Crippen molar-refractivity contribution < 1.29 is 14.1 Å². The number of hydrogen-bond acceptors (Lipinski definition) is 3. The van der Waals surface area contributed by atoms with Crippen LogP contribution < -0.4 is 5.32 Å². The Morgan fingerprint density at radius 1 is 1.24 bits per heavy atom. The van der Waals surface area contributed by atoms with Crippen LogP contribution in [0.15, 0.2) is 24.3 Å². The highest BCUT2D eigenvalue weighted by atomic mass is 32.2. The molecule has 1 rings (SSSR count). The second kappa shape index (κ2) is 8.95. The Hall–Kier alpha value is -1.20. The van der Waals surface area contributed by atoms with E-state index in [-0.39, 0.29) is 18.6 Å². The van der Waals surface area contributed by atoms with E-state index in [9.17, 15) is 9.00 Å². The van der Waals surface area contributed by atoms with E-state index in [0.717, 1.165) is 24.0 Å². The van der Waals surface area contributed by atoms with Crippen LogP contribution in [0.25, 0.3) is 0 Å². The Morgan fingerprint density at radius 3 is 2.33 bits per heavy atom. The lowest BCUT2D eigenvalue weighted by Gasteiger charge is -2.17. The first-order chi connectivity index (χ1) is 9.97. The van der Waals surface area contributed by atoms with Crippen molar-refractivity contribution in [2.45, 2.75) is 57.3 Å². The average Bonchev–Trinajstić information content (AvgIpc) is 2.47. The topological polar surface area (TPSA) is 66.4 Å². The minimum Gasteiger partial charge on any atom is -0.392 e. The molecule has 0 aromatic heterocycles. The highest BCUT2D eigenvalue weighted by molar-refractivity contribution is 7.85. The van der Waals surface area contributed by atoms with Crippen LogP contribution in [0, 0.1) is 0 Å². The third kappa shape index (κ3) is 5.98. The van der Waals surface area contributed by atoms with E-state index in [1.54, 1.807) is 19.1 Å². The fraction of sp³-hybridized carbons (Fsp3) is 0.562. The number of aliphatic hydroxyl groups is 1. The second-order valence-electron chi connectivity index (χ2n) is 5.34. The van der Waals surface area contributed by atoms with Gasteiger partial charge in [0.1, 0.15) is 5.25 Å². The number of aliphatic hydroxyl groups excluding tert-OH is 1. The Kier molecular flexibility index (Phi) is 7.61. The van der Waals surface area contributed by atoms with E-state index >= 15 is 0 Å². The van der Waals surface area contributed by atoms with Crippen molar-refractivity contribution in [1.82, 2.24) is 5.32 Å². The third-order valence-corrected chi connectivity index (χ3v) is 5.01. The van der Waals surface area contributed by atoms with Crippen molar-refractivity contribution in [1.29, 1.82) is 0 Å². The molecule has 21 heavy (non-hydrogen) atoms. The van der Waals surface area contributed by atoms with Crippen molar-refractivity contribution in [3.63, 3.8) is 0 Å². The van der Waals surface area contributed by atoms with Gasteiger partial charge in [-0.25, -0.2) is 0 Å². The Morgan fingerprint density at radius 2 is 1.81 bits per heavy atom. The number of carbonyl (C=O) groups is 1. The molecular formula is C16H25NO3S. The molecule has 5 heteroatoms. The van der Waals surface area contributed by atoms with Crippen LogP contribution in [0.1, 0.15) is 44.7 Å². The number of benzene rings is 1. The van der Waals surface area contributed by atoms with Gasteiger partial charge < -0.3 is 10.4 Å². The van der Waals surface area contributed by atoms with Gasteiger partial charge in [0.15, 0.2) is 0 Å². The molecule has 0 bridgehead atoms. The molecule has 2 N–H and O–H groups in total.